The van der Waals surface area contributed by atoms with Gasteiger partial charge < -0.3 is 0 Å². The molecule has 0 heterocycles. The zero-order chi connectivity index (χ0) is 13.3. The summed E-state index contributed by atoms with van der Waals surface area (Å²) in [5.74, 6) is -1.05. The summed E-state index contributed by atoms with van der Waals surface area (Å²) >= 11 is 5.36. The van der Waals surface area contributed by atoms with Gasteiger partial charge in [-0.2, -0.15) is 21.6 Å². The highest BCUT2D eigenvalue weighted by atomic mass is 35.5. The van der Waals surface area contributed by atoms with E-state index in [1.807, 2.05) is 0 Å². The molecular formula is C8H6ClF4NO2S. The van der Waals surface area contributed by atoms with Crippen molar-refractivity contribution in [1.82, 2.24) is 0 Å². The van der Waals surface area contributed by atoms with Gasteiger partial charge in [0.1, 0.15) is 5.82 Å². The van der Waals surface area contributed by atoms with Crippen molar-refractivity contribution in [3.05, 3.63) is 29.6 Å². The number of benzene rings is 1. The molecule has 96 valence electrons. The second-order valence-corrected chi connectivity index (χ2v) is 4.93. The third-order valence-electron chi connectivity index (χ3n) is 1.76. The van der Waals surface area contributed by atoms with Crippen molar-refractivity contribution in [2.24, 2.45) is 0 Å². The van der Waals surface area contributed by atoms with E-state index < -0.39 is 27.0 Å². The number of nitrogens with one attached hydrogen (secondary N) is 1. The summed E-state index contributed by atoms with van der Waals surface area (Å²) in [5.41, 5.74) is -5.93. The summed E-state index contributed by atoms with van der Waals surface area (Å²) < 4.78 is 71.9. The molecule has 9 heteroatoms. The van der Waals surface area contributed by atoms with Gasteiger partial charge in [-0.1, -0.05) is 0 Å². The second-order valence-electron chi connectivity index (χ2n) is 2.99. The van der Waals surface area contributed by atoms with Crippen molar-refractivity contribution >= 4 is 27.3 Å². The highest BCUT2D eigenvalue weighted by Crippen LogP contribution is 2.27. The number of hydrogen-bond acceptors (Lipinski definition) is 2. The fourth-order valence-electron chi connectivity index (χ4n) is 0.975. The highest BCUT2D eigenvalue weighted by molar-refractivity contribution is 7.93. The van der Waals surface area contributed by atoms with Crippen LogP contribution in [0.2, 0.25) is 0 Å². The molecule has 1 aromatic rings. The summed E-state index contributed by atoms with van der Waals surface area (Å²) in [4.78, 5) is 0. The number of anilines is 1. The van der Waals surface area contributed by atoms with E-state index in [0.29, 0.717) is 0 Å². The zero-order valence-electron chi connectivity index (χ0n) is 8.05. The maximum Gasteiger partial charge on any atom is 0.516 e. The van der Waals surface area contributed by atoms with Crippen molar-refractivity contribution in [1.29, 1.82) is 0 Å². The monoisotopic (exact) mass is 291 g/mol. The maximum absolute atomic E-state index is 12.7. The Hall–Kier alpha value is -1.02. The smallest absolute Gasteiger partial charge is 0.276 e. The van der Waals surface area contributed by atoms with Gasteiger partial charge in [0.05, 0.1) is 5.69 Å². The molecule has 0 aliphatic heterocycles. The zero-order valence-corrected chi connectivity index (χ0v) is 9.63. The van der Waals surface area contributed by atoms with E-state index >= 15 is 0 Å². The van der Waals surface area contributed by atoms with Crippen molar-refractivity contribution in [3.8, 4) is 0 Å². The number of rotatable bonds is 3. The summed E-state index contributed by atoms with van der Waals surface area (Å²) in [5, 5.41) is 0. The molecule has 0 aromatic heterocycles. The Bertz CT molecular complexity index is 515. The molecule has 1 rings (SSSR count). The largest absolute Gasteiger partial charge is 0.516 e. The molecule has 0 saturated heterocycles. The van der Waals surface area contributed by atoms with Crippen LogP contribution in [-0.4, -0.2) is 13.9 Å². The summed E-state index contributed by atoms with van der Waals surface area (Å²) in [6.07, 6.45) is 0. The van der Waals surface area contributed by atoms with Crippen LogP contribution in [0.4, 0.5) is 23.2 Å². The van der Waals surface area contributed by atoms with Crippen LogP contribution >= 0.6 is 11.6 Å². The Kier molecular flexibility index (Phi) is 3.88. The van der Waals surface area contributed by atoms with Crippen LogP contribution in [0.25, 0.3) is 0 Å². The van der Waals surface area contributed by atoms with E-state index in [4.69, 9.17) is 11.6 Å². The average molecular weight is 292 g/mol. The van der Waals surface area contributed by atoms with Crippen LogP contribution in [0.3, 0.4) is 0 Å². The fourth-order valence-corrected chi connectivity index (χ4v) is 1.80. The third kappa shape index (κ3) is 3.22. The van der Waals surface area contributed by atoms with Crippen LogP contribution in [0.1, 0.15) is 5.56 Å². The minimum absolute atomic E-state index is 0.0838. The van der Waals surface area contributed by atoms with E-state index in [0.717, 1.165) is 18.2 Å². The SMILES string of the molecule is O=S(=O)(Nc1ccc(F)cc1CCl)C(F)(F)F. The lowest BCUT2D eigenvalue weighted by atomic mass is 10.2. The lowest BCUT2D eigenvalue weighted by Crippen LogP contribution is -2.30. The normalized spacial score (nSPS) is 12.5. The standard InChI is InChI=1S/C8H6ClF4NO2S/c9-4-5-3-6(10)1-2-7(5)14-17(15,16)8(11,12)13/h1-3,14H,4H2. The van der Waals surface area contributed by atoms with E-state index in [9.17, 15) is 26.0 Å². The van der Waals surface area contributed by atoms with Gasteiger partial charge in [0.15, 0.2) is 0 Å². The Balaban J connectivity index is 3.13. The average Bonchev–Trinajstić information content (AvgIpc) is 2.18. The van der Waals surface area contributed by atoms with E-state index in [1.54, 1.807) is 0 Å². The Labute approximate surface area is 99.4 Å². The van der Waals surface area contributed by atoms with Crippen molar-refractivity contribution in [2.45, 2.75) is 11.4 Å². The molecule has 0 atom stereocenters. The molecule has 3 nitrogen and oxygen atoms in total. The van der Waals surface area contributed by atoms with E-state index in [-0.39, 0.29) is 11.4 Å². The van der Waals surface area contributed by atoms with Crippen molar-refractivity contribution in [2.75, 3.05) is 4.72 Å². The first-order chi connectivity index (χ1) is 7.67. The first kappa shape index (κ1) is 14.0. The number of hydrogen-bond donors (Lipinski definition) is 1. The van der Waals surface area contributed by atoms with E-state index in [1.165, 1.54) is 4.72 Å². The molecule has 0 radical (unpaired) electrons. The predicted octanol–water partition coefficient (Wildman–Crippen LogP) is 2.83. The van der Waals surface area contributed by atoms with E-state index in [2.05, 4.69) is 0 Å². The van der Waals surface area contributed by atoms with Gasteiger partial charge >= 0.3 is 15.5 Å². The van der Waals surface area contributed by atoms with Gasteiger partial charge in [0.2, 0.25) is 0 Å². The first-order valence-corrected chi connectivity index (χ1v) is 6.12. The van der Waals surface area contributed by atoms with Crippen molar-refractivity contribution in [3.63, 3.8) is 0 Å². The van der Waals surface area contributed by atoms with Gasteiger partial charge in [-0.05, 0) is 23.8 Å². The second kappa shape index (κ2) is 4.69. The van der Waals surface area contributed by atoms with Gasteiger partial charge in [0.25, 0.3) is 0 Å². The minimum Gasteiger partial charge on any atom is -0.276 e. The topological polar surface area (TPSA) is 46.2 Å². The summed E-state index contributed by atoms with van der Waals surface area (Å²) in [6, 6.07) is 2.54. The Morgan fingerprint density at radius 1 is 1.29 bits per heavy atom. The minimum atomic E-state index is -5.53. The number of alkyl halides is 4. The van der Waals surface area contributed by atoms with Gasteiger partial charge in [-0.15, -0.1) is 11.6 Å². The van der Waals surface area contributed by atoms with Crippen LogP contribution in [0, 0.1) is 5.82 Å². The molecule has 0 unspecified atom stereocenters. The maximum atomic E-state index is 12.7. The third-order valence-corrected chi connectivity index (χ3v) is 3.15. The lowest BCUT2D eigenvalue weighted by Gasteiger charge is -2.12. The Morgan fingerprint density at radius 2 is 1.88 bits per heavy atom. The highest BCUT2D eigenvalue weighted by Gasteiger charge is 2.46. The molecule has 0 aliphatic carbocycles. The molecule has 0 saturated carbocycles. The molecule has 1 aromatic carbocycles. The molecule has 0 bridgehead atoms. The molecule has 0 fully saturated rings. The summed E-state index contributed by atoms with van der Waals surface area (Å²) in [7, 11) is -5.53. The van der Waals surface area contributed by atoms with Crippen molar-refractivity contribution < 1.29 is 26.0 Å². The summed E-state index contributed by atoms with van der Waals surface area (Å²) in [6.45, 7) is 0. The lowest BCUT2D eigenvalue weighted by molar-refractivity contribution is -0.0429. The molecule has 0 aliphatic rings. The molecule has 1 N–H and O–H groups in total. The molecule has 0 spiro atoms. The number of halogens is 5. The predicted molar refractivity (Wildman–Crippen MR) is 54.6 cm³/mol. The first-order valence-electron chi connectivity index (χ1n) is 4.11. The molecule has 17 heavy (non-hydrogen) atoms. The van der Waals surface area contributed by atoms with Gasteiger partial charge in [0, 0.05) is 5.88 Å². The van der Waals surface area contributed by atoms with Gasteiger partial charge in [-0.25, -0.2) is 4.39 Å². The molecule has 0 amide bonds. The van der Waals surface area contributed by atoms with Crippen LogP contribution < -0.4 is 4.72 Å². The fraction of sp³-hybridized carbons (Fsp3) is 0.250. The van der Waals surface area contributed by atoms with Crippen LogP contribution in [0.15, 0.2) is 18.2 Å². The number of sulfonamides is 1. The molecular weight excluding hydrogens is 286 g/mol. The quantitative estimate of drug-likeness (QED) is 0.687. The van der Waals surface area contributed by atoms with Gasteiger partial charge in [-0.3, -0.25) is 4.72 Å². The van der Waals surface area contributed by atoms with Crippen LogP contribution in [-0.2, 0) is 15.9 Å². The van der Waals surface area contributed by atoms with Crippen LogP contribution in [0.5, 0.6) is 0 Å². The Morgan fingerprint density at radius 3 is 2.35 bits per heavy atom.